The lowest BCUT2D eigenvalue weighted by molar-refractivity contribution is -0.134. The van der Waals surface area contributed by atoms with Gasteiger partial charge in [0.25, 0.3) is 5.91 Å². The molecular formula is C19H18N2O2. The number of rotatable bonds is 4. The van der Waals surface area contributed by atoms with E-state index in [2.05, 4.69) is 18.2 Å². The highest BCUT2D eigenvalue weighted by Crippen LogP contribution is 2.19. The van der Waals surface area contributed by atoms with Crippen LogP contribution < -0.4 is 4.74 Å². The fraction of sp³-hybridized carbons (Fsp3) is 0.263. The molecule has 1 aliphatic rings. The predicted octanol–water partition coefficient (Wildman–Crippen LogP) is 2.72. The molecule has 4 heteroatoms. The molecule has 0 saturated carbocycles. The molecule has 0 spiro atoms. The molecule has 0 atom stereocenters. The molecule has 1 heterocycles. The van der Waals surface area contributed by atoms with Gasteiger partial charge in [-0.15, -0.1) is 0 Å². The summed E-state index contributed by atoms with van der Waals surface area (Å²) in [5, 5.41) is 8.65. The largest absolute Gasteiger partial charge is 0.484 e. The van der Waals surface area contributed by atoms with E-state index in [1.54, 1.807) is 12.1 Å². The summed E-state index contributed by atoms with van der Waals surface area (Å²) in [6.07, 6.45) is 1.27. The molecule has 0 fully saturated rings. The number of carbonyl (C=O) groups is 1. The van der Waals surface area contributed by atoms with E-state index in [1.807, 2.05) is 29.2 Å². The summed E-state index contributed by atoms with van der Waals surface area (Å²) in [6.45, 7) is 1.43. The monoisotopic (exact) mass is 306 g/mol. The lowest BCUT2D eigenvalue weighted by atomic mass is 10.00. The van der Waals surface area contributed by atoms with Gasteiger partial charge in [-0.1, -0.05) is 36.4 Å². The summed E-state index contributed by atoms with van der Waals surface area (Å²) in [4.78, 5) is 14.1. The van der Waals surface area contributed by atoms with Crippen LogP contribution in [0.3, 0.4) is 0 Å². The molecule has 3 rings (SSSR count). The quantitative estimate of drug-likeness (QED) is 0.872. The van der Waals surface area contributed by atoms with E-state index in [0.717, 1.165) is 18.5 Å². The molecule has 1 amide bonds. The summed E-state index contributed by atoms with van der Waals surface area (Å²) >= 11 is 0. The number of benzene rings is 2. The predicted molar refractivity (Wildman–Crippen MR) is 86.8 cm³/mol. The van der Waals surface area contributed by atoms with E-state index in [4.69, 9.17) is 10.00 Å². The van der Waals surface area contributed by atoms with E-state index in [9.17, 15) is 4.79 Å². The Morgan fingerprint density at radius 3 is 2.61 bits per heavy atom. The average molecular weight is 306 g/mol. The van der Waals surface area contributed by atoms with Crippen molar-refractivity contribution < 1.29 is 9.53 Å². The highest BCUT2D eigenvalue weighted by molar-refractivity contribution is 5.78. The number of fused-ring (bicyclic) bond motifs is 1. The van der Waals surface area contributed by atoms with Crippen LogP contribution in [0, 0.1) is 11.3 Å². The molecular weight excluding hydrogens is 288 g/mol. The van der Waals surface area contributed by atoms with Crippen molar-refractivity contribution in [1.29, 1.82) is 5.26 Å². The summed E-state index contributed by atoms with van der Waals surface area (Å²) in [5.41, 5.74) is 3.48. The number of hydrogen-bond donors (Lipinski definition) is 0. The van der Waals surface area contributed by atoms with E-state index >= 15 is 0 Å². The minimum Gasteiger partial charge on any atom is -0.484 e. The third-order valence-electron chi connectivity index (χ3n) is 4.05. The summed E-state index contributed by atoms with van der Waals surface area (Å²) < 4.78 is 5.57. The second kappa shape index (κ2) is 6.97. The minimum atomic E-state index is 0.000560. The second-order valence-corrected chi connectivity index (χ2v) is 5.60. The molecule has 4 nitrogen and oxygen atoms in total. The number of nitriles is 1. The van der Waals surface area contributed by atoms with Gasteiger partial charge in [0.15, 0.2) is 6.61 Å². The van der Waals surface area contributed by atoms with Gasteiger partial charge in [0.2, 0.25) is 0 Å². The van der Waals surface area contributed by atoms with E-state index in [0.29, 0.717) is 18.7 Å². The van der Waals surface area contributed by atoms with Gasteiger partial charge in [-0.25, -0.2) is 0 Å². The highest BCUT2D eigenvalue weighted by Gasteiger charge is 2.20. The van der Waals surface area contributed by atoms with Crippen molar-refractivity contribution in [3.8, 4) is 11.8 Å². The lowest BCUT2D eigenvalue weighted by Crippen LogP contribution is -2.38. The Morgan fingerprint density at radius 2 is 1.87 bits per heavy atom. The molecule has 2 aromatic carbocycles. The Hall–Kier alpha value is -2.80. The van der Waals surface area contributed by atoms with Crippen LogP contribution in [-0.4, -0.2) is 24.0 Å². The number of hydrogen-bond acceptors (Lipinski definition) is 3. The lowest BCUT2D eigenvalue weighted by Gasteiger charge is -2.28. The Kier molecular flexibility index (Phi) is 4.58. The Labute approximate surface area is 135 Å². The first-order chi connectivity index (χ1) is 11.3. The molecule has 1 aliphatic heterocycles. The van der Waals surface area contributed by atoms with E-state index < -0.39 is 0 Å². The fourth-order valence-corrected chi connectivity index (χ4v) is 2.74. The van der Waals surface area contributed by atoms with E-state index in [-0.39, 0.29) is 12.5 Å². The maximum absolute atomic E-state index is 12.3. The van der Waals surface area contributed by atoms with Crippen molar-refractivity contribution in [2.24, 2.45) is 0 Å². The number of amides is 1. The van der Waals surface area contributed by atoms with Crippen LogP contribution in [-0.2, 0) is 24.2 Å². The van der Waals surface area contributed by atoms with Gasteiger partial charge in [0, 0.05) is 13.1 Å². The van der Waals surface area contributed by atoms with Gasteiger partial charge in [0.1, 0.15) is 5.75 Å². The van der Waals surface area contributed by atoms with Crippen LogP contribution in [0.5, 0.6) is 5.75 Å². The van der Waals surface area contributed by atoms with Crippen LogP contribution in [0.4, 0.5) is 0 Å². The Bertz CT molecular complexity index is 732. The molecule has 0 saturated heterocycles. The number of nitrogens with zero attached hydrogens (tertiary/aromatic N) is 2. The van der Waals surface area contributed by atoms with Crippen molar-refractivity contribution in [3.63, 3.8) is 0 Å². The molecule has 23 heavy (non-hydrogen) atoms. The average Bonchev–Trinajstić information content (AvgIpc) is 2.60. The Morgan fingerprint density at radius 1 is 1.13 bits per heavy atom. The molecule has 0 radical (unpaired) electrons. The third-order valence-corrected chi connectivity index (χ3v) is 4.05. The van der Waals surface area contributed by atoms with Gasteiger partial charge in [-0.3, -0.25) is 4.79 Å². The SMILES string of the molecule is N#CCc1ccc(OCC(=O)N2CCc3ccccc3C2)cc1. The van der Waals surface area contributed by atoms with Gasteiger partial charge >= 0.3 is 0 Å². The van der Waals surface area contributed by atoms with Crippen molar-refractivity contribution in [3.05, 3.63) is 65.2 Å². The minimum absolute atomic E-state index is 0.000560. The van der Waals surface area contributed by atoms with Crippen molar-refractivity contribution in [2.75, 3.05) is 13.2 Å². The summed E-state index contributed by atoms with van der Waals surface area (Å²) in [5.74, 6) is 0.651. The highest BCUT2D eigenvalue weighted by atomic mass is 16.5. The van der Waals surface area contributed by atoms with Crippen molar-refractivity contribution in [1.82, 2.24) is 4.90 Å². The van der Waals surface area contributed by atoms with Crippen LogP contribution in [0.15, 0.2) is 48.5 Å². The first kappa shape index (κ1) is 15.1. The van der Waals surface area contributed by atoms with Crippen molar-refractivity contribution in [2.45, 2.75) is 19.4 Å². The molecule has 0 aromatic heterocycles. The zero-order chi connectivity index (χ0) is 16.1. The van der Waals surface area contributed by atoms with Gasteiger partial charge < -0.3 is 9.64 Å². The normalized spacial score (nSPS) is 13.1. The van der Waals surface area contributed by atoms with Crippen LogP contribution in [0.25, 0.3) is 0 Å². The molecule has 0 unspecified atom stereocenters. The summed E-state index contributed by atoms with van der Waals surface area (Å²) in [6, 6.07) is 17.6. The third kappa shape index (κ3) is 3.70. The number of ether oxygens (including phenoxy) is 1. The molecule has 0 aliphatic carbocycles. The molecule has 116 valence electrons. The molecule has 0 bridgehead atoms. The van der Waals surface area contributed by atoms with Crippen LogP contribution >= 0.6 is 0 Å². The summed E-state index contributed by atoms with van der Waals surface area (Å²) in [7, 11) is 0. The fourth-order valence-electron chi connectivity index (χ4n) is 2.74. The molecule has 2 aromatic rings. The van der Waals surface area contributed by atoms with Gasteiger partial charge in [-0.2, -0.15) is 5.26 Å². The first-order valence-corrected chi connectivity index (χ1v) is 7.69. The molecule has 0 N–H and O–H groups in total. The van der Waals surface area contributed by atoms with Gasteiger partial charge in [0.05, 0.1) is 12.5 Å². The maximum Gasteiger partial charge on any atom is 0.260 e. The van der Waals surface area contributed by atoms with Crippen LogP contribution in [0.2, 0.25) is 0 Å². The maximum atomic E-state index is 12.3. The van der Waals surface area contributed by atoms with Crippen LogP contribution in [0.1, 0.15) is 16.7 Å². The Balaban J connectivity index is 1.55. The van der Waals surface area contributed by atoms with E-state index in [1.165, 1.54) is 11.1 Å². The van der Waals surface area contributed by atoms with Gasteiger partial charge in [-0.05, 0) is 35.2 Å². The second-order valence-electron chi connectivity index (χ2n) is 5.60. The zero-order valence-electron chi connectivity index (χ0n) is 12.9. The first-order valence-electron chi connectivity index (χ1n) is 7.69. The standard InChI is InChI=1S/C19H18N2O2/c20-11-9-15-5-7-18(8-6-15)23-14-19(22)21-12-10-16-3-1-2-4-17(16)13-21/h1-8H,9-10,12-14H2. The zero-order valence-corrected chi connectivity index (χ0v) is 12.9. The number of carbonyl (C=O) groups excluding carboxylic acids is 1. The van der Waals surface area contributed by atoms with Crippen molar-refractivity contribution >= 4 is 5.91 Å². The smallest absolute Gasteiger partial charge is 0.260 e. The topological polar surface area (TPSA) is 53.3 Å².